The van der Waals surface area contributed by atoms with Crippen molar-refractivity contribution in [3.05, 3.63) is 201 Å². The van der Waals surface area contributed by atoms with Gasteiger partial charge in [-0.1, -0.05) is 36.4 Å². The van der Waals surface area contributed by atoms with Crippen molar-refractivity contribution in [2.24, 2.45) is 0 Å². The van der Waals surface area contributed by atoms with Crippen molar-refractivity contribution in [3.63, 3.8) is 0 Å². The molecule has 8 aromatic rings. The third-order valence-electron chi connectivity index (χ3n) is 14.5. The largest absolute Gasteiger partial charge is 0.510 e. The van der Waals surface area contributed by atoms with E-state index in [-0.39, 0.29) is 102 Å². The van der Waals surface area contributed by atoms with E-state index in [9.17, 15) is 48.6 Å². The van der Waals surface area contributed by atoms with Gasteiger partial charge in [0.1, 0.15) is 46.0 Å². The van der Waals surface area contributed by atoms with Crippen molar-refractivity contribution in [1.29, 1.82) is 0 Å². The summed E-state index contributed by atoms with van der Waals surface area (Å²) in [6.07, 6.45) is 0. The highest BCUT2D eigenvalue weighted by molar-refractivity contribution is 6.66. The van der Waals surface area contributed by atoms with Gasteiger partial charge in [0.2, 0.25) is 0 Å². The predicted molar refractivity (Wildman–Crippen MR) is 296 cm³/mol. The van der Waals surface area contributed by atoms with E-state index in [0.29, 0.717) is 33.4 Å². The van der Waals surface area contributed by atoms with Crippen molar-refractivity contribution in [3.8, 4) is 68.2 Å². The number of phenols is 2. The van der Waals surface area contributed by atoms with E-state index >= 15 is 0 Å². The van der Waals surface area contributed by atoms with Crippen molar-refractivity contribution in [2.45, 2.75) is 26.9 Å². The van der Waals surface area contributed by atoms with Gasteiger partial charge in [-0.25, -0.2) is 9.80 Å². The average Bonchev–Trinajstić information content (AvgIpc) is 4.26. The Hall–Kier alpha value is -10.7. The van der Waals surface area contributed by atoms with Gasteiger partial charge in [0.15, 0.2) is 0 Å². The quantitative estimate of drug-likeness (QED) is 0.0857. The highest BCUT2D eigenvalue weighted by Gasteiger charge is 2.43. The zero-order valence-electron chi connectivity index (χ0n) is 43.9. The van der Waals surface area contributed by atoms with Crippen LogP contribution in [-0.4, -0.2) is 89.9 Å². The summed E-state index contributed by atoms with van der Waals surface area (Å²) in [6.45, 7) is 6.87. The molecule has 12 rings (SSSR count). The number of aryl methyl sites for hydroxylation is 2. The lowest BCUT2D eigenvalue weighted by Gasteiger charge is -2.30. The maximum absolute atomic E-state index is 14.6. The Balaban J connectivity index is 0.885. The first-order valence-electron chi connectivity index (χ1n) is 25.2. The molecular weight excluding hydrogens is 1050 g/mol. The van der Waals surface area contributed by atoms with Gasteiger partial charge in [-0.05, 0) is 156 Å². The SMILES string of the molecule is Cc1ccc(-c2ccc(N3C(=O)c4ccc(Oc5ccc6c(c5)C(=O)N(C)C6=O)cc4C3=O)c(O[Si](C)(C)Oc3cc(-c4ccc(C)c(O)c4)ccc3N3C(=O)c4ccc(Oc5ccc6c(c5)C(=O)N(C)C6=O)cc4C3=O)c2)cc1O. The summed E-state index contributed by atoms with van der Waals surface area (Å²) in [4.78, 5) is 113. The normalized spacial score (nSPS) is 14.5. The minimum atomic E-state index is -3.76. The summed E-state index contributed by atoms with van der Waals surface area (Å²) in [5.41, 5.74) is 4.44. The molecule has 0 aromatic heterocycles. The van der Waals surface area contributed by atoms with Gasteiger partial charge in [0.05, 0.1) is 55.9 Å². The Morgan fingerprint density at radius 1 is 0.346 bits per heavy atom. The number of ether oxygens (including phenoxy) is 2. The Morgan fingerprint density at radius 2 is 0.630 bits per heavy atom. The fraction of sp³-hybridized carbons (Fsp3) is 0.0968. The summed E-state index contributed by atoms with van der Waals surface area (Å²) in [5, 5.41) is 21.5. The molecular formula is C62H44N4O14Si. The Morgan fingerprint density at radius 3 is 0.975 bits per heavy atom. The fourth-order valence-electron chi connectivity index (χ4n) is 10.1. The monoisotopic (exact) mass is 1100 g/mol. The highest BCUT2D eigenvalue weighted by atomic mass is 28.4. The second-order valence-corrected chi connectivity index (χ2v) is 23.4. The zero-order valence-corrected chi connectivity index (χ0v) is 44.9. The smallest absolute Gasteiger partial charge is 0.454 e. The van der Waals surface area contributed by atoms with Gasteiger partial charge in [0, 0.05) is 27.2 Å². The minimum absolute atomic E-state index is 0.00422. The lowest BCUT2D eigenvalue weighted by atomic mass is 10.0. The molecule has 0 spiro atoms. The first-order chi connectivity index (χ1) is 38.6. The van der Waals surface area contributed by atoms with Crippen LogP contribution in [0.15, 0.2) is 146 Å². The summed E-state index contributed by atoms with van der Waals surface area (Å²) in [5.74, 6) is -3.79. The summed E-state index contributed by atoms with van der Waals surface area (Å²) in [7, 11) is -1.00. The van der Waals surface area contributed by atoms with E-state index in [4.69, 9.17) is 18.3 Å². The number of amides is 8. The topological polar surface area (TPSA) is 227 Å². The van der Waals surface area contributed by atoms with Crippen molar-refractivity contribution in [1.82, 2.24) is 9.80 Å². The second-order valence-electron chi connectivity index (χ2n) is 20.2. The number of benzene rings is 8. The molecule has 4 aliphatic rings. The summed E-state index contributed by atoms with van der Waals surface area (Å²) in [6, 6.07) is 37.4. The molecule has 81 heavy (non-hydrogen) atoms. The van der Waals surface area contributed by atoms with Crippen molar-refractivity contribution < 1.29 is 66.9 Å². The number of carbonyl (C=O) groups excluding carboxylic acids is 8. The van der Waals surface area contributed by atoms with Crippen LogP contribution in [0.5, 0.6) is 46.0 Å². The maximum atomic E-state index is 14.6. The predicted octanol–water partition coefficient (Wildman–Crippen LogP) is 10.8. The molecule has 4 heterocycles. The Bertz CT molecular complexity index is 3960. The second kappa shape index (κ2) is 18.8. The molecule has 0 atom stereocenters. The third-order valence-corrected chi connectivity index (χ3v) is 15.9. The van der Waals surface area contributed by atoms with E-state index < -0.39 is 55.8 Å². The van der Waals surface area contributed by atoms with Crippen LogP contribution >= 0.6 is 0 Å². The molecule has 0 unspecified atom stereocenters. The molecule has 2 N–H and O–H groups in total. The van der Waals surface area contributed by atoms with Crippen LogP contribution < -0.4 is 28.1 Å². The fourth-order valence-corrected chi connectivity index (χ4v) is 11.6. The summed E-state index contributed by atoms with van der Waals surface area (Å²) < 4.78 is 25.9. The van der Waals surface area contributed by atoms with Crippen LogP contribution in [0.4, 0.5) is 11.4 Å². The molecule has 18 nitrogen and oxygen atoms in total. The molecule has 4 aliphatic heterocycles. The number of carbonyl (C=O) groups is 8. The van der Waals surface area contributed by atoms with Gasteiger partial charge in [0.25, 0.3) is 47.3 Å². The average molecular weight is 1100 g/mol. The first kappa shape index (κ1) is 51.1. The van der Waals surface area contributed by atoms with Gasteiger partial charge in [-0.2, -0.15) is 0 Å². The lowest BCUT2D eigenvalue weighted by Crippen LogP contribution is -2.43. The number of phenolic OH excluding ortho intramolecular Hbond substituents is 2. The Kier molecular flexibility index (Phi) is 11.8. The number of anilines is 2. The molecule has 8 aromatic carbocycles. The maximum Gasteiger partial charge on any atom is 0.454 e. The van der Waals surface area contributed by atoms with Gasteiger partial charge >= 0.3 is 8.56 Å². The Labute approximate surface area is 462 Å². The number of rotatable bonds is 12. The molecule has 0 saturated carbocycles. The van der Waals surface area contributed by atoms with Crippen LogP contribution in [0.1, 0.15) is 94.0 Å². The summed E-state index contributed by atoms with van der Waals surface area (Å²) >= 11 is 0. The number of fused-ring (bicyclic) bond motifs is 4. The van der Waals surface area contributed by atoms with Crippen LogP contribution in [0, 0.1) is 13.8 Å². The van der Waals surface area contributed by atoms with E-state index in [2.05, 4.69) is 0 Å². The van der Waals surface area contributed by atoms with Crippen LogP contribution in [0.3, 0.4) is 0 Å². The standard InChI is InChI=1S/C62H44N4O14Si/c1-31-7-9-33(23-51(31)67)35-11-21-49(65-59(73)43-19-15-39(29-47(43)61(65)75)77-37-13-17-41-45(27-37)57(71)63(3)55(41)69)53(25-35)79-81(5,6)80-54-26-36(34-10-8-32(2)52(68)24-34)12-22-50(54)66-60(74)44-20-16-40(30-48(44)62(66)76)78-38-14-18-42-46(28-38)58(72)64(4)56(42)70/h7-30,67-68H,1-6H3. The minimum Gasteiger partial charge on any atom is -0.510 e. The van der Waals surface area contributed by atoms with Gasteiger partial charge < -0.3 is 28.5 Å². The molecule has 8 amide bonds. The number of nitrogens with zero attached hydrogens (tertiary/aromatic N) is 4. The number of hydrogen-bond acceptors (Lipinski definition) is 14. The molecule has 0 aliphatic carbocycles. The molecule has 19 heteroatoms. The first-order valence-corrected chi connectivity index (χ1v) is 28.1. The van der Waals surface area contributed by atoms with E-state index in [1.165, 1.54) is 86.9 Å². The molecule has 0 fully saturated rings. The van der Waals surface area contributed by atoms with Crippen LogP contribution in [-0.2, 0) is 0 Å². The van der Waals surface area contributed by atoms with Gasteiger partial charge in [-0.15, -0.1) is 0 Å². The zero-order chi connectivity index (χ0) is 57.1. The van der Waals surface area contributed by atoms with Crippen molar-refractivity contribution >= 4 is 67.2 Å². The molecule has 0 bridgehead atoms. The van der Waals surface area contributed by atoms with E-state index in [1.54, 1.807) is 99.7 Å². The van der Waals surface area contributed by atoms with Crippen LogP contribution in [0.25, 0.3) is 22.3 Å². The molecule has 400 valence electrons. The number of aromatic hydroxyl groups is 2. The lowest BCUT2D eigenvalue weighted by molar-refractivity contribution is 0.0677. The van der Waals surface area contributed by atoms with Crippen molar-refractivity contribution in [2.75, 3.05) is 23.9 Å². The molecule has 0 saturated heterocycles. The van der Waals surface area contributed by atoms with Gasteiger partial charge in [-0.3, -0.25) is 48.2 Å². The number of imide groups is 4. The van der Waals surface area contributed by atoms with E-state index in [1.807, 2.05) is 0 Å². The van der Waals surface area contributed by atoms with E-state index in [0.717, 1.165) is 19.6 Å². The highest BCUT2D eigenvalue weighted by Crippen LogP contribution is 2.45. The molecule has 0 radical (unpaired) electrons. The van der Waals surface area contributed by atoms with Crippen LogP contribution in [0.2, 0.25) is 13.1 Å². The third kappa shape index (κ3) is 8.59. The number of hydrogen-bond donors (Lipinski definition) is 2.